The molecule has 2 aliphatic rings. The highest BCUT2D eigenvalue weighted by Crippen LogP contribution is 2.48. The van der Waals surface area contributed by atoms with Crippen LogP contribution in [0.15, 0.2) is 35.2 Å². The van der Waals surface area contributed by atoms with Crippen molar-refractivity contribution in [1.29, 1.82) is 0 Å². The Morgan fingerprint density at radius 2 is 2.04 bits per heavy atom. The summed E-state index contributed by atoms with van der Waals surface area (Å²) in [7, 11) is 0. The van der Waals surface area contributed by atoms with E-state index in [9.17, 15) is 9.59 Å². The van der Waals surface area contributed by atoms with Gasteiger partial charge in [-0.3, -0.25) is 4.79 Å². The van der Waals surface area contributed by atoms with Gasteiger partial charge in [-0.15, -0.1) is 11.8 Å². The molecule has 4 atom stereocenters. The zero-order valence-corrected chi connectivity index (χ0v) is 15.8. The summed E-state index contributed by atoms with van der Waals surface area (Å²) < 4.78 is 5.29. The Kier molecular flexibility index (Phi) is 5.44. The van der Waals surface area contributed by atoms with Crippen LogP contribution in [0, 0.1) is 5.92 Å². The Morgan fingerprint density at radius 1 is 1.32 bits per heavy atom. The first kappa shape index (κ1) is 18.7. The standard InChI is InChI=1S/C18H21ClO5S/c1-17(22-16(21)15(19)20)9-8-12-10-14(17)23-24-18(12,2)11-25-13-6-4-3-5-7-13/h3-7,12,14H,8-11H2,1-2H3/t12-,14-,17-,18-/m1/s1. The molecular weight excluding hydrogens is 364 g/mol. The third-order valence-electron chi connectivity index (χ3n) is 5.14. The van der Waals surface area contributed by atoms with Crippen molar-refractivity contribution in [2.24, 2.45) is 5.92 Å². The zero-order valence-electron chi connectivity index (χ0n) is 14.2. The van der Waals surface area contributed by atoms with Gasteiger partial charge in [0.25, 0.3) is 0 Å². The van der Waals surface area contributed by atoms with Crippen LogP contribution in [0.5, 0.6) is 0 Å². The number of thioether (sulfide) groups is 1. The van der Waals surface area contributed by atoms with Crippen molar-refractivity contribution < 1.29 is 24.1 Å². The molecule has 1 aliphatic heterocycles. The van der Waals surface area contributed by atoms with Crippen LogP contribution >= 0.6 is 23.4 Å². The molecule has 0 spiro atoms. The van der Waals surface area contributed by atoms with Crippen molar-refractivity contribution in [1.82, 2.24) is 0 Å². The van der Waals surface area contributed by atoms with E-state index in [1.54, 1.807) is 18.7 Å². The van der Waals surface area contributed by atoms with E-state index in [1.165, 1.54) is 4.90 Å². The van der Waals surface area contributed by atoms with Gasteiger partial charge in [0.2, 0.25) is 0 Å². The van der Waals surface area contributed by atoms with Crippen LogP contribution in [-0.4, -0.2) is 34.3 Å². The van der Waals surface area contributed by atoms with Crippen LogP contribution < -0.4 is 0 Å². The van der Waals surface area contributed by atoms with Gasteiger partial charge in [0, 0.05) is 10.6 Å². The van der Waals surface area contributed by atoms with Gasteiger partial charge in [0.1, 0.15) is 17.3 Å². The van der Waals surface area contributed by atoms with Gasteiger partial charge >= 0.3 is 11.2 Å². The molecule has 0 unspecified atom stereocenters. The van der Waals surface area contributed by atoms with E-state index in [-0.39, 0.29) is 0 Å². The number of carbonyl (C=O) groups is 2. The van der Waals surface area contributed by atoms with Gasteiger partial charge in [-0.05, 0) is 62.8 Å². The molecular formula is C18H21ClO5S. The fourth-order valence-electron chi connectivity index (χ4n) is 3.43. The lowest BCUT2D eigenvalue weighted by molar-refractivity contribution is -0.440. The predicted molar refractivity (Wildman–Crippen MR) is 94.2 cm³/mol. The van der Waals surface area contributed by atoms with E-state index in [0.29, 0.717) is 18.8 Å². The normalized spacial score (nSPS) is 34.4. The highest BCUT2D eigenvalue weighted by Gasteiger charge is 2.54. The fraction of sp³-hybridized carbons (Fsp3) is 0.556. The van der Waals surface area contributed by atoms with Crippen molar-refractivity contribution in [2.75, 3.05) is 5.75 Å². The minimum atomic E-state index is -1.12. The van der Waals surface area contributed by atoms with E-state index < -0.39 is 28.5 Å². The Morgan fingerprint density at radius 3 is 2.72 bits per heavy atom. The van der Waals surface area contributed by atoms with Crippen LogP contribution in [0.1, 0.15) is 33.1 Å². The van der Waals surface area contributed by atoms with E-state index in [0.717, 1.165) is 12.2 Å². The number of ether oxygens (including phenoxy) is 1. The quantitative estimate of drug-likeness (QED) is 0.253. The number of hydrogen-bond donors (Lipinski definition) is 0. The number of halogens is 1. The molecule has 5 nitrogen and oxygen atoms in total. The molecule has 1 aliphatic carbocycles. The van der Waals surface area contributed by atoms with Gasteiger partial charge in [-0.1, -0.05) is 18.2 Å². The van der Waals surface area contributed by atoms with Crippen molar-refractivity contribution in [2.45, 2.75) is 55.3 Å². The molecule has 1 saturated heterocycles. The molecule has 0 radical (unpaired) electrons. The molecule has 1 aromatic rings. The van der Waals surface area contributed by atoms with Gasteiger partial charge in [-0.25, -0.2) is 14.6 Å². The summed E-state index contributed by atoms with van der Waals surface area (Å²) in [6.45, 7) is 3.82. The smallest absolute Gasteiger partial charge is 0.392 e. The summed E-state index contributed by atoms with van der Waals surface area (Å²) >= 11 is 6.93. The second-order valence-electron chi connectivity index (χ2n) is 7.03. The molecule has 25 heavy (non-hydrogen) atoms. The number of hydrogen-bond acceptors (Lipinski definition) is 6. The zero-order chi connectivity index (χ0) is 18.1. The highest BCUT2D eigenvalue weighted by atomic mass is 35.5. The van der Waals surface area contributed by atoms with Crippen LogP contribution in [0.2, 0.25) is 0 Å². The van der Waals surface area contributed by atoms with Gasteiger partial charge in [0.15, 0.2) is 0 Å². The molecule has 0 aromatic heterocycles. The van der Waals surface area contributed by atoms with Crippen LogP contribution in [-0.2, 0) is 24.1 Å². The molecule has 1 heterocycles. The number of fused-ring (bicyclic) bond motifs is 2. The summed E-state index contributed by atoms with van der Waals surface area (Å²) in [5.74, 6) is 0.0190. The summed E-state index contributed by atoms with van der Waals surface area (Å²) in [6, 6.07) is 10.2. The Labute approximate surface area is 156 Å². The Balaban J connectivity index is 1.63. The fourth-order valence-corrected chi connectivity index (χ4v) is 4.56. The summed E-state index contributed by atoms with van der Waals surface area (Å²) in [5, 5.41) is -1.12. The van der Waals surface area contributed by atoms with Crippen molar-refractivity contribution in [3.05, 3.63) is 30.3 Å². The SMILES string of the molecule is C[C@]1(CSc2ccccc2)OO[C@@H]2C[C@H]1CC[C@@]2(C)OC(=O)C(=O)Cl. The summed E-state index contributed by atoms with van der Waals surface area (Å²) in [6.07, 6.45) is 1.74. The second kappa shape index (κ2) is 7.27. The monoisotopic (exact) mass is 384 g/mol. The van der Waals surface area contributed by atoms with Crippen LogP contribution in [0.25, 0.3) is 0 Å². The minimum Gasteiger partial charge on any atom is -0.450 e. The molecule has 3 rings (SSSR count). The maximum absolute atomic E-state index is 11.6. The maximum atomic E-state index is 11.6. The van der Waals surface area contributed by atoms with Crippen molar-refractivity contribution in [3.8, 4) is 0 Å². The molecule has 1 aromatic carbocycles. The van der Waals surface area contributed by atoms with E-state index in [1.807, 2.05) is 18.2 Å². The van der Waals surface area contributed by atoms with Gasteiger partial charge < -0.3 is 4.74 Å². The highest BCUT2D eigenvalue weighted by molar-refractivity contribution is 7.99. The first-order valence-corrected chi connectivity index (χ1v) is 9.64. The molecule has 0 N–H and O–H groups in total. The largest absolute Gasteiger partial charge is 0.450 e. The first-order chi connectivity index (χ1) is 11.8. The molecule has 7 heteroatoms. The lowest BCUT2D eigenvalue weighted by atomic mass is 9.71. The maximum Gasteiger partial charge on any atom is 0.392 e. The van der Waals surface area contributed by atoms with Crippen LogP contribution in [0.3, 0.4) is 0 Å². The van der Waals surface area contributed by atoms with Gasteiger partial charge in [-0.2, -0.15) is 0 Å². The molecule has 2 bridgehead atoms. The lowest BCUT2D eigenvalue weighted by Gasteiger charge is -2.51. The number of carbonyl (C=O) groups excluding carboxylic acids is 2. The number of esters is 1. The molecule has 136 valence electrons. The Bertz CT molecular complexity index is 654. The van der Waals surface area contributed by atoms with Crippen molar-refractivity contribution in [3.63, 3.8) is 0 Å². The third-order valence-corrected chi connectivity index (χ3v) is 6.62. The topological polar surface area (TPSA) is 61.8 Å². The van der Waals surface area contributed by atoms with Crippen LogP contribution in [0.4, 0.5) is 0 Å². The Hall–Kier alpha value is -1.08. The third kappa shape index (κ3) is 4.03. The van der Waals surface area contributed by atoms with E-state index in [2.05, 4.69) is 19.1 Å². The summed E-state index contributed by atoms with van der Waals surface area (Å²) in [5.41, 5.74) is -1.31. The van der Waals surface area contributed by atoms with Crippen molar-refractivity contribution >= 4 is 34.6 Å². The van der Waals surface area contributed by atoms with E-state index in [4.69, 9.17) is 26.1 Å². The average Bonchev–Trinajstić information content (AvgIpc) is 2.60. The molecule has 1 saturated carbocycles. The van der Waals surface area contributed by atoms with E-state index >= 15 is 0 Å². The predicted octanol–water partition coefficient (Wildman–Crippen LogP) is 3.74. The molecule has 2 fully saturated rings. The number of benzene rings is 1. The first-order valence-electron chi connectivity index (χ1n) is 8.27. The summed E-state index contributed by atoms with van der Waals surface area (Å²) in [4.78, 5) is 35.1. The lowest BCUT2D eigenvalue weighted by Crippen LogP contribution is -2.59. The molecule has 0 amide bonds. The van der Waals surface area contributed by atoms with Gasteiger partial charge in [0.05, 0.1) is 0 Å². The number of rotatable bonds is 5. The minimum absolute atomic E-state index is 0.293. The average molecular weight is 385 g/mol. The second-order valence-corrected chi connectivity index (χ2v) is 8.42.